The first-order chi connectivity index (χ1) is 13.6. The van der Waals surface area contributed by atoms with Crippen LogP contribution in [0.25, 0.3) is 10.2 Å². The maximum absolute atomic E-state index is 12.7. The largest absolute Gasteiger partial charge is 0.495 e. The first-order valence-electron chi connectivity index (χ1n) is 8.63. The molecule has 0 spiro atoms. The van der Waals surface area contributed by atoms with Crippen LogP contribution in [0.4, 0.5) is 5.69 Å². The number of nitrogens with zero attached hydrogens (tertiary/aromatic N) is 3. The van der Waals surface area contributed by atoms with Crippen molar-refractivity contribution in [3.8, 4) is 5.75 Å². The minimum absolute atomic E-state index is 0.0479. The van der Waals surface area contributed by atoms with Gasteiger partial charge in [0, 0.05) is 19.2 Å². The number of aromatic nitrogens is 1. The number of benzene rings is 2. The van der Waals surface area contributed by atoms with Crippen molar-refractivity contribution in [1.29, 1.82) is 0 Å². The zero-order valence-corrected chi connectivity index (χ0v) is 16.3. The lowest BCUT2D eigenvalue weighted by molar-refractivity contribution is -0.385. The van der Waals surface area contributed by atoms with E-state index in [4.69, 9.17) is 9.47 Å². The summed E-state index contributed by atoms with van der Waals surface area (Å²) in [6, 6.07) is 11.4. The minimum Gasteiger partial charge on any atom is -0.495 e. The summed E-state index contributed by atoms with van der Waals surface area (Å²) in [7, 11) is 1.58. The van der Waals surface area contributed by atoms with Crippen LogP contribution in [0.2, 0.25) is 0 Å². The van der Waals surface area contributed by atoms with Crippen LogP contribution in [0.15, 0.2) is 47.5 Å². The summed E-state index contributed by atoms with van der Waals surface area (Å²) in [5, 5.41) is 11.2. The number of nitro benzene ring substituents is 1. The van der Waals surface area contributed by atoms with E-state index in [2.05, 4.69) is 4.99 Å². The average molecular weight is 401 g/mol. The van der Waals surface area contributed by atoms with E-state index in [0.717, 1.165) is 10.2 Å². The zero-order chi connectivity index (χ0) is 20.1. The quantitative estimate of drug-likeness (QED) is 0.343. The van der Waals surface area contributed by atoms with Gasteiger partial charge in [0.15, 0.2) is 4.80 Å². The third-order valence-corrected chi connectivity index (χ3v) is 5.12. The number of carbonyl (C=O) groups excluding carboxylic acids is 1. The van der Waals surface area contributed by atoms with Crippen LogP contribution in [0.3, 0.4) is 0 Å². The third-order valence-electron chi connectivity index (χ3n) is 4.08. The van der Waals surface area contributed by atoms with Crippen molar-refractivity contribution in [2.45, 2.75) is 13.5 Å². The Morgan fingerprint density at radius 3 is 2.75 bits per heavy atom. The molecule has 2 aromatic carbocycles. The predicted molar refractivity (Wildman–Crippen MR) is 106 cm³/mol. The van der Waals surface area contributed by atoms with Gasteiger partial charge in [-0.3, -0.25) is 14.9 Å². The lowest BCUT2D eigenvalue weighted by atomic mass is 10.2. The summed E-state index contributed by atoms with van der Waals surface area (Å²) in [5.74, 6) is -0.00665. The number of para-hydroxylation sites is 2. The smallest absolute Gasteiger partial charge is 0.286 e. The summed E-state index contributed by atoms with van der Waals surface area (Å²) < 4.78 is 13.7. The molecule has 146 valence electrons. The van der Waals surface area contributed by atoms with Gasteiger partial charge in [0.1, 0.15) is 16.8 Å². The lowest BCUT2D eigenvalue weighted by Gasteiger charge is -2.08. The Labute approximate surface area is 164 Å². The van der Waals surface area contributed by atoms with Crippen LogP contribution in [-0.2, 0) is 11.3 Å². The summed E-state index contributed by atoms with van der Waals surface area (Å²) in [5.41, 5.74) is 0.493. The zero-order valence-electron chi connectivity index (χ0n) is 15.5. The Morgan fingerprint density at radius 1 is 1.25 bits per heavy atom. The van der Waals surface area contributed by atoms with Gasteiger partial charge < -0.3 is 14.0 Å². The van der Waals surface area contributed by atoms with E-state index < -0.39 is 10.8 Å². The molecule has 1 heterocycles. The fraction of sp³-hybridized carbons (Fsp3) is 0.263. The second-order valence-corrected chi connectivity index (χ2v) is 6.74. The molecule has 0 bridgehead atoms. The first-order valence-corrected chi connectivity index (χ1v) is 9.45. The van der Waals surface area contributed by atoms with E-state index in [-0.39, 0.29) is 11.3 Å². The standard InChI is InChI=1S/C19H19N3O5S/c1-3-27-12-11-21-17-15(26-2)9-6-10-16(17)28-19(21)20-18(23)13-7-4-5-8-14(13)22(24)25/h4-10H,3,11-12H2,1-2H3. The second kappa shape index (κ2) is 8.77. The highest BCUT2D eigenvalue weighted by atomic mass is 32.1. The molecule has 0 aliphatic heterocycles. The normalized spacial score (nSPS) is 11.7. The molecule has 3 aromatic rings. The number of thiazole rings is 1. The van der Waals surface area contributed by atoms with Crippen molar-refractivity contribution in [2.75, 3.05) is 20.3 Å². The van der Waals surface area contributed by atoms with Gasteiger partial charge in [0.05, 0.1) is 23.3 Å². The number of hydrogen-bond donors (Lipinski definition) is 0. The maximum Gasteiger partial charge on any atom is 0.286 e. The Hall–Kier alpha value is -3.04. The van der Waals surface area contributed by atoms with Gasteiger partial charge in [-0.25, -0.2) is 0 Å². The van der Waals surface area contributed by atoms with Gasteiger partial charge in [-0.2, -0.15) is 4.99 Å². The summed E-state index contributed by atoms with van der Waals surface area (Å²) in [6.45, 7) is 3.38. The molecule has 0 aliphatic rings. The molecule has 0 atom stereocenters. The van der Waals surface area contributed by atoms with Gasteiger partial charge in [0.2, 0.25) is 0 Å². The minimum atomic E-state index is -0.664. The second-order valence-electron chi connectivity index (χ2n) is 5.73. The number of rotatable bonds is 7. The van der Waals surface area contributed by atoms with Crippen molar-refractivity contribution in [1.82, 2.24) is 4.57 Å². The predicted octanol–water partition coefficient (Wildman–Crippen LogP) is 3.40. The molecule has 0 unspecified atom stereocenters. The van der Waals surface area contributed by atoms with Crippen molar-refractivity contribution < 1.29 is 19.2 Å². The fourth-order valence-electron chi connectivity index (χ4n) is 2.82. The summed E-state index contributed by atoms with van der Waals surface area (Å²) >= 11 is 1.32. The third kappa shape index (κ3) is 3.95. The molecule has 0 aliphatic carbocycles. The van der Waals surface area contributed by atoms with E-state index in [0.29, 0.717) is 30.3 Å². The lowest BCUT2D eigenvalue weighted by Crippen LogP contribution is -2.20. The fourth-order valence-corrected chi connectivity index (χ4v) is 3.89. The van der Waals surface area contributed by atoms with Gasteiger partial charge >= 0.3 is 0 Å². The molecular formula is C19H19N3O5S. The topological polar surface area (TPSA) is 96.0 Å². The van der Waals surface area contributed by atoms with Crippen molar-refractivity contribution >= 4 is 33.1 Å². The highest BCUT2D eigenvalue weighted by molar-refractivity contribution is 7.16. The average Bonchev–Trinajstić information content (AvgIpc) is 3.05. The molecule has 0 saturated heterocycles. The van der Waals surface area contributed by atoms with Crippen molar-refractivity contribution in [3.05, 3.63) is 62.9 Å². The van der Waals surface area contributed by atoms with Crippen LogP contribution >= 0.6 is 11.3 Å². The van der Waals surface area contributed by atoms with Gasteiger partial charge in [-0.15, -0.1) is 0 Å². The molecule has 1 amide bonds. The molecule has 9 heteroatoms. The van der Waals surface area contributed by atoms with Crippen molar-refractivity contribution in [3.63, 3.8) is 0 Å². The van der Waals surface area contributed by atoms with E-state index in [1.165, 1.54) is 29.5 Å². The molecule has 28 heavy (non-hydrogen) atoms. The monoisotopic (exact) mass is 401 g/mol. The maximum atomic E-state index is 12.7. The number of methoxy groups -OCH3 is 1. The van der Waals surface area contributed by atoms with Crippen LogP contribution in [0.5, 0.6) is 5.75 Å². The molecule has 8 nitrogen and oxygen atoms in total. The van der Waals surface area contributed by atoms with Crippen LogP contribution in [-0.4, -0.2) is 35.7 Å². The number of amides is 1. The molecule has 0 saturated carbocycles. The highest BCUT2D eigenvalue weighted by Gasteiger charge is 2.19. The number of carbonyl (C=O) groups is 1. The highest BCUT2D eigenvalue weighted by Crippen LogP contribution is 2.27. The van der Waals surface area contributed by atoms with Gasteiger partial charge in [-0.1, -0.05) is 29.5 Å². The van der Waals surface area contributed by atoms with Crippen LogP contribution in [0, 0.1) is 10.1 Å². The molecule has 0 radical (unpaired) electrons. The van der Waals surface area contributed by atoms with Gasteiger partial charge in [-0.05, 0) is 25.1 Å². The summed E-state index contributed by atoms with van der Waals surface area (Å²) in [6.07, 6.45) is 0. The Balaban J connectivity index is 2.15. The Bertz CT molecular complexity index is 1090. The van der Waals surface area contributed by atoms with E-state index >= 15 is 0 Å². The number of nitro groups is 1. The summed E-state index contributed by atoms with van der Waals surface area (Å²) in [4.78, 5) is 28.0. The first kappa shape index (κ1) is 19.7. The molecule has 0 N–H and O–H groups in total. The van der Waals surface area contributed by atoms with E-state index in [1.54, 1.807) is 13.2 Å². The SMILES string of the molecule is CCOCCn1c(=NC(=O)c2ccccc2[N+](=O)[O-])sc2cccc(OC)c21. The van der Waals surface area contributed by atoms with Gasteiger partial charge in [0.25, 0.3) is 11.6 Å². The van der Waals surface area contributed by atoms with E-state index in [9.17, 15) is 14.9 Å². The van der Waals surface area contributed by atoms with Crippen LogP contribution < -0.4 is 9.54 Å². The molecule has 0 fully saturated rings. The number of ether oxygens (including phenoxy) is 2. The Morgan fingerprint density at radius 2 is 2.04 bits per heavy atom. The van der Waals surface area contributed by atoms with Crippen LogP contribution in [0.1, 0.15) is 17.3 Å². The molecular weight excluding hydrogens is 382 g/mol. The molecule has 1 aromatic heterocycles. The Kier molecular flexibility index (Phi) is 6.17. The number of fused-ring (bicyclic) bond motifs is 1. The van der Waals surface area contributed by atoms with E-state index in [1.807, 2.05) is 29.7 Å². The number of hydrogen-bond acceptors (Lipinski definition) is 6. The molecule has 3 rings (SSSR count). The van der Waals surface area contributed by atoms with Crippen molar-refractivity contribution in [2.24, 2.45) is 4.99 Å².